The number of hydrogen-bond acceptors (Lipinski definition) is 2. The van der Waals surface area contributed by atoms with Crippen LogP contribution in [0.15, 0.2) is 12.1 Å². The van der Waals surface area contributed by atoms with E-state index >= 15 is 0 Å². The zero-order valence-electron chi connectivity index (χ0n) is 15.4. The molecule has 23 heavy (non-hydrogen) atoms. The molecule has 1 aromatic carbocycles. The smallest absolute Gasteiger partial charge is 0.237 e. The van der Waals surface area contributed by atoms with Crippen LogP contribution in [0.3, 0.4) is 0 Å². The molecule has 0 bridgehead atoms. The largest absolute Gasteiger partial charge is 0.375 e. The molecule has 1 amide bonds. The van der Waals surface area contributed by atoms with Crippen molar-refractivity contribution in [2.75, 3.05) is 30.4 Å². The fourth-order valence-corrected chi connectivity index (χ4v) is 2.81. The lowest BCUT2D eigenvalue weighted by atomic mass is 9.85. The molecule has 1 aliphatic heterocycles. The molecule has 0 radical (unpaired) electrons. The number of hydrogen-bond donors (Lipinski definition) is 0. The van der Waals surface area contributed by atoms with Crippen LogP contribution >= 0.6 is 0 Å². The lowest BCUT2D eigenvalue weighted by Crippen LogP contribution is -2.42. The van der Waals surface area contributed by atoms with Gasteiger partial charge in [0.2, 0.25) is 5.91 Å². The minimum absolute atomic E-state index is 0.0803. The van der Waals surface area contributed by atoms with Crippen molar-refractivity contribution in [2.24, 2.45) is 0 Å². The minimum atomic E-state index is -1.54. The molecule has 0 aromatic heterocycles. The topological polar surface area (TPSA) is 23.6 Å². The van der Waals surface area contributed by atoms with Gasteiger partial charge in [0.15, 0.2) is 5.82 Å². The second-order valence-corrected chi connectivity index (χ2v) is 6.92. The van der Waals surface area contributed by atoms with E-state index in [4.69, 9.17) is 0 Å². The Hall–Kier alpha value is -1.65. The van der Waals surface area contributed by atoms with Gasteiger partial charge in [-0.15, -0.1) is 0 Å². The van der Waals surface area contributed by atoms with E-state index in [-0.39, 0.29) is 12.5 Å². The molecule has 0 saturated heterocycles. The van der Waals surface area contributed by atoms with Crippen molar-refractivity contribution in [1.82, 2.24) is 0 Å². The average molecular weight is 326 g/mol. The van der Waals surface area contributed by atoms with Gasteiger partial charge in [-0.25, -0.2) is 8.78 Å². The minimum Gasteiger partial charge on any atom is -0.375 e. The summed E-state index contributed by atoms with van der Waals surface area (Å²) in [5.41, 5.74) is -1.28. The van der Waals surface area contributed by atoms with Gasteiger partial charge in [-0.2, -0.15) is 0 Å². The number of alkyl halides is 1. The van der Waals surface area contributed by atoms with Gasteiger partial charge in [0, 0.05) is 19.7 Å². The summed E-state index contributed by atoms with van der Waals surface area (Å²) in [7, 11) is 3.49. The van der Waals surface area contributed by atoms with Crippen molar-refractivity contribution in [3.05, 3.63) is 23.5 Å². The highest BCUT2D eigenvalue weighted by molar-refractivity contribution is 6.08. The average Bonchev–Trinajstić information content (AvgIpc) is 2.61. The molecule has 0 fully saturated rings. The van der Waals surface area contributed by atoms with Gasteiger partial charge in [0.1, 0.15) is 5.67 Å². The molecule has 5 heteroatoms. The van der Waals surface area contributed by atoms with E-state index in [0.717, 1.165) is 0 Å². The number of anilines is 2. The van der Waals surface area contributed by atoms with E-state index in [9.17, 15) is 13.6 Å². The first-order valence-electron chi connectivity index (χ1n) is 7.98. The molecule has 1 heterocycles. The zero-order valence-corrected chi connectivity index (χ0v) is 15.4. The lowest BCUT2D eigenvalue weighted by molar-refractivity contribution is -0.122. The predicted octanol–water partition coefficient (Wildman–Crippen LogP) is 4.29. The molecule has 0 N–H and O–H groups in total. The highest BCUT2D eigenvalue weighted by atomic mass is 19.1. The second kappa shape index (κ2) is 6.46. The fraction of sp³-hybridized carbons (Fsp3) is 0.611. The number of rotatable bonds is 3. The SMILES string of the molecule is CC.CN(C)c1ccc2c(c1F)C(C)(C)C(=O)N2CC(C)(C)F. The summed E-state index contributed by atoms with van der Waals surface area (Å²) < 4.78 is 28.8. The van der Waals surface area contributed by atoms with E-state index in [1.165, 1.54) is 18.7 Å². The highest BCUT2D eigenvalue weighted by Crippen LogP contribution is 2.45. The van der Waals surface area contributed by atoms with Gasteiger partial charge in [-0.3, -0.25) is 4.79 Å². The normalized spacial score (nSPS) is 15.9. The Morgan fingerprint density at radius 1 is 1.22 bits per heavy atom. The maximum Gasteiger partial charge on any atom is 0.237 e. The van der Waals surface area contributed by atoms with Crippen LogP contribution in [0.2, 0.25) is 0 Å². The third-order valence-electron chi connectivity index (χ3n) is 3.81. The van der Waals surface area contributed by atoms with Crippen LogP contribution in [-0.2, 0) is 10.2 Å². The van der Waals surface area contributed by atoms with Crippen molar-refractivity contribution in [3.8, 4) is 0 Å². The summed E-state index contributed by atoms with van der Waals surface area (Å²) in [4.78, 5) is 15.6. The molecule has 1 aromatic rings. The Kier molecular flexibility index (Phi) is 5.45. The molecule has 0 unspecified atom stereocenters. The van der Waals surface area contributed by atoms with Gasteiger partial charge in [0.25, 0.3) is 0 Å². The molecule has 0 aliphatic carbocycles. The molecular weight excluding hydrogens is 298 g/mol. The maximum atomic E-state index is 14.8. The molecule has 2 rings (SSSR count). The van der Waals surface area contributed by atoms with Crippen LogP contribution < -0.4 is 9.80 Å². The molecule has 0 spiro atoms. The van der Waals surface area contributed by atoms with Crippen molar-refractivity contribution >= 4 is 17.3 Å². The number of nitrogens with zero attached hydrogens (tertiary/aromatic N) is 2. The standard InChI is InChI=1S/C16H22F2N2O.C2H6/c1-15(2,18)9-20-10-7-8-11(19(5)6)13(17)12(10)16(3,4)14(20)21;1-2/h7-8H,9H2,1-6H3;1-2H3. The van der Waals surface area contributed by atoms with E-state index in [0.29, 0.717) is 16.9 Å². The molecule has 3 nitrogen and oxygen atoms in total. The molecule has 0 atom stereocenters. The number of amides is 1. The van der Waals surface area contributed by atoms with Crippen LogP contribution in [0.4, 0.5) is 20.2 Å². The Balaban J connectivity index is 0.00000127. The number of benzene rings is 1. The van der Waals surface area contributed by atoms with Crippen molar-refractivity contribution in [2.45, 2.75) is 52.6 Å². The van der Waals surface area contributed by atoms with Crippen molar-refractivity contribution in [1.29, 1.82) is 0 Å². The zero-order chi connectivity index (χ0) is 18.2. The summed E-state index contributed by atoms with van der Waals surface area (Å²) in [5, 5.41) is 0. The molecule has 1 aliphatic rings. The lowest BCUT2D eigenvalue weighted by Gasteiger charge is -2.25. The number of fused-ring (bicyclic) bond motifs is 1. The Bertz CT molecular complexity index is 589. The highest BCUT2D eigenvalue weighted by Gasteiger charge is 2.47. The van der Waals surface area contributed by atoms with Crippen LogP contribution in [0.5, 0.6) is 0 Å². The number of halogens is 2. The Labute approximate surface area is 138 Å². The first-order chi connectivity index (χ1) is 10.5. The number of carbonyl (C=O) groups excluding carboxylic acids is 1. The summed E-state index contributed by atoms with van der Waals surface area (Å²) in [6.07, 6.45) is 0. The van der Waals surface area contributed by atoms with Crippen LogP contribution in [-0.4, -0.2) is 32.2 Å². The number of carbonyl (C=O) groups is 1. The third kappa shape index (κ3) is 3.48. The Morgan fingerprint density at radius 2 is 1.74 bits per heavy atom. The first kappa shape index (κ1) is 19.4. The quantitative estimate of drug-likeness (QED) is 0.827. The van der Waals surface area contributed by atoms with Crippen LogP contribution in [0.25, 0.3) is 0 Å². The summed E-state index contributed by atoms with van der Waals surface area (Å²) in [6.45, 7) is 10.1. The van der Waals surface area contributed by atoms with Gasteiger partial charge in [-0.05, 0) is 39.8 Å². The maximum absolute atomic E-state index is 14.8. The summed E-state index contributed by atoms with van der Waals surface area (Å²) >= 11 is 0. The van der Waals surface area contributed by atoms with Crippen LogP contribution in [0.1, 0.15) is 47.1 Å². The third-order valence-corrected chi connectivity index (χ3v) is 3.81. The first-order valence-corrected chi connectivity index (χ1v) is 7.98. The summed E-state index contributed by atoms with van der Waals surface area (Å²) in [5.74, 6) is -0.673. The fourth-order valence-electron chi connectivity index (χ4n) is 2.81. The molecule has 0 saturated carbocycles. The van der Waals surface area contributed by atoms with Gasteiger partial charge >= 0.3 is 0 Å². The Morgan fingerprint density at radius 3 is 2.17 bits per heavy atom. The second-order valence-electron chi connectivity index (χ2n) is 6.92. The van der Waals surface area contributed by atoms with Gasteiger partial charge in [-0.1, -0.05) is 13.8 Å². The van der Waals surface area contributed by atoms with Crippen molar-refractivity contribution < 1.29 is 13.6 Å². The molecular formula is C18H28F2N2O. The van der Waals surface area contributed by atoms with Gasteiger partial charge in [0.05, 0.1) is 23.3 Å². The van der Waals surface area contributed by atoms with E-state index < -0.39 is 16.9 Å². The van der Waals surface area contributed by atoms with E-state index in [2.05, 4.69) is 0 Å². The van der Waals surface area contributed by atoms with E-state index in [1.807, 2.05) is 13.8 Å². The van der Waals surface area contributed by atoms with Crippen LogP contribution in [0, 0.1) is 5.82 Å². The molecule has 130 valence electrons. The monoisotopic (exact) mass is 326 g/mol. The van der Waals surface area contributed by atoms with Gasteiger partial charge < -0.3 is 9.80 Å². The van der Waals surface area contributed by atoms with E-state index in [1.54, 1.807) is 45.0 Å². The van der Waals surface area contributed by atoms with Crippen molar-refractivity contribution in [3.63, 3.8) is 0 Å². The summed E-state index contributed by atoms with van der Waals surface area (Å²) in [6, 6.07) is 3.33. The predicted molar refractivity (Wildman–Crippen MR) is 92.6 cm³/mol.